The molecule has 4 heteroatoms. The topological polar surface area (TPSA) is 55.6 Å². The monoisotopic (exact) mass is 252 g/mol. The van der Waals surface area contributed by atoms with Crippen LogP contribution in [0.2, 0.25) is 0 Å². The van der Waals surface area contributed by atoms with Gasteiger partial charge in [-0.25, -0.2) is 0 Å². The van der Waals surface area contributed by atoms with Crippen molar-refractivity contribution in [2.24, 2.45) is 17.1 Å². The Morgan fingerprint density at radius 1 is 1.11 bits per heavy atom. The molecule has 3 aliphatic rings. The maximum absolute atomic E-state index is 12.4. The molecule has 2 N–H and O–H groups in total. The first kappa shape index (κ1) is 12.4. The van der Waals surface area contributed by atoms with E-state index >= 15 is 0 Å². The average Bonchev–Trinajstić information content (AvgIpc) is 2.99. The third-order valence-corrected chi connectivity index (χ3v) is 5.24. The van der Waals surface area contributed by atoms with Gasteiger partial charge in [-0.05, 0) is 31.1 Å². The number of hydrogen-bond acceptors (Lipinski definition) is 3. The molecule has 4 nitrogen and oxygen atoms in total. The summed E-state index contributed by atoms with van der Waals surface area (Å²) in [4.78, 5) is 14.4. The maximum Gasteiger partial charge on any atom is 0.229 e. The minimum Gasteiger partial charge on any atom is -0.379 e. The zero-order chi connectivity index (χ0) is 12.6. The molecule has 1 spiro atoms. The number of carbonyl (C=O) groups excluding carboxylic acids is 1. The van der Waals surface area contributed by atoms with E-state index in [0.29, 0.717) is 18.6 Å². The molecule has 2 heterocycles. The zero-order valence-corrected chi connectivity index (χ0v) is 11.1. The average molecular weight is 252 g/mol. The molecule has 0 radical (unpaired) electrons. The number of nitrogens with zero attached hydrogens (tertiary/aromatic N) is 1. The quantitative estimate of drug-likeness (QED) is 0.761. The lowest BCUT2D eigenvalue weighted by molar-refractivity contribution is -0.138. The highest BCUT2D eigenvalue weighted by atomic mass is 16.5. The minimum atomic E-state index is -0.0973. The normalized spacial score (nSPS) is 35.3. The predicted octanol–water partition coefficient (Wildman–Crippen LogP) is 1.14. The molecule has 2 atom stereocenters. The van der Waals surface area contributed by atoms with Crippen molar-refractivity contribution in [1.82, 2.24) is 4.90 Å². The van der Waals surface area contributed by atoms with Crippen LogP contribution in [0.25, 0.3) is 0 Å². The fourth-order valence-electron chi connectivity index (χ4n) is 3.89. The van der Waals surface area contributed by atoms with Crippen molar-refractivity contribution in [1.29, 1.82) is 0 Å². The molecule has 1 saturated carbocycles. The highest BCUT2D eigenvalue weighted by Crippen LogP contribution is 2.46. The Morgan fingerprint density at radius 3 is 2.33 bits per heavy atom. The number of likely N-dealkylation sites (tertiary alicyclic amines) is 1. The van der Waals surface area contributed by atoms with Crippen LogP contribution in [-0.2, 0) is 9.53 Å². The second-order valence-electron chi connectivity index (χ2n) is 6.34. The van der Waals surface area contributed by atoms with Crippen molar-refractivity contribution >= 4 is 5.91 Å². The summed E-state index contributed by atoms with van der Waals surface area (Å²) >= 11 is 0. The van der Waals surface area contributed by atoms with Gasteiger partial charge >= 0.3 is 0 Å². The Hall–Kier alpha value is -0.610. The van der Waals surface area contributed by atoms with Crippen LogP contribution in [0.1, 0.15) is 38.5 Å². The van der Waals surface area contributed by atoms with Gasteiger partial charge in [0.05, 0.1) is 19.1 Å². The van der Waals surface area contributed by atoms with E-state index in [4.69, 9.17) is 10.5 Å². The number of carbonyl (C=O) groups is 1. The van der Waals surface area contributed by atoms with Crippen LogP contribution in [0.4, 0.5) is 0 Å². The van der Waals surface area contributed by atoms with Crippen LogP contribution in [0.3, 0.4) is 0 Å². The lowest BCUT2D eigenvalue weighted by atomic mass is 9.77. The van der Waals surface area contributed by atoms with Gasteiger partial charge in [-0.1, -0.05) is 12.8 Å². The number of hydrogen-bond donors (Lipinski definition) is 1. The first-order valence-electron chi connectivity index (χ1n) is 7.32. The van der Waals surface area contributed by atoms with E-state index in [2.05, 4.69) is 0 Å². The molecule has 18 heavy (non-hydrogen) atoms. The van der Waals surface area contributed by atoms with Gasteiger partial charge in [0.1, 0.15) is 0 Å². The van der Waals surface area contributed by atoms with Crippen molar-refractivity contribution in [3.8, 4) is 0 Å². The molecule has 2 saturated heterocycles. The largest absolute Gasteiger partial charge is 0.379 e. The van der Waals surface area contributed by atoms with E-state index in [9.17, 15) is 4.79 Å². The first-order valence-corrected chi connectivity index (χ1v) is 7.32. The number of amides is 1. The summed E-state index contributed by atoms with van der Waals surface area (Å²) in [5.41, 5.74) is 6.50. The van der Waals surface area contributed by atoms with Crippen LogP contribution in [0.5, 0.6) is 0 Å². The molecule has 3 fully saturated rings. The summed E-state index contributed by atoms with van der Waals surface area (Å²) < 4.78 is 5.30. The zero-order valence-electron chi connectivity index (χ0n) is 11.1. The third kappa shape index (κ3) is 2.16. The van der Waals surface area contributed by atoms with Crippen LogP contribution in [-0.4, -0.2) is 43.2 Å². The molecule has 2 aliphatic heterocycles. The fourth-order valence-corrected chi connectivity index (χ4v) is 3.89. The second-order valence-corrected chi connectivity index (χ2v) is 6.34. The fraction of sp³-hybridized carbons (Fsp3) is 0.929. The highest BCUT2D eigenvalue weighted by molar-refractivity contribution is 5.80. The van der Waals surface area contributed by atoms with Crippen molar-refractivity contribution in [3.63, 3.8) is 0 Å². The van der Waals surface area contributed by atoms with Crippen LogP contribution in [0, 0.1) is 11.3 Å². The Kier molecular flexibility index (Phi) is 3.32. The number of ether oxygens (including phenoxy) is 1. The van der Waals surface area contributed by atoms with Gasteiger partial charge in [-0.3, -0.25) is 4.79 Å². The molecular formula is C14H24N2O2. The Balaban J connectivity index is 1.57. The third-order valence-electron chi connectivity index (χ3n) is 5.24. The number of nitrogens with two attached hydrogens (primary N) is 1. The molecule has 102 valence electrons. The van der Waals surface area contributed by atoms with Crippen LogP contribution < -0.4 is 5.73 Å². The van der Waals surface area contributed by atoms with E-state index in [1.807, 2.05) is 4.90 Å². The molecule has 0 bridgehead atoms. The molecule has 0 aromatic rings. The van der Waals surface area contributed by atoms with E-state index < -0.39 is 0 Å². The van der Waals surface area contributed by atoms with Crippen molar-refractivity contribution in [2.45, 2.75) is 44.6 Å². The van der Waals surface area contributed by atoms with Gasteiger partial charge in [0.2, 0.25) is 5.91 Å². The summed E-state index contributed by atoms with van der Waals surface area (Å²) in [6.07, 6.45) is 7.91. The molecular weight excluding hydrogens is 228 g/mol. The van der Waals surface area contributed by atoms with Gasteiger partial charge < -0.3 is 15.4 Å². The van der Waals surface area contributed by atoms with E-state index in [1.54, 1.807) is 0 Å². The van der Waals surface area contributed by atoms with Crippen molar-refractivity contribution in [2.75, 3.05) is 26.3 Å². The van der Waals surface area contributed by atoms with Gasteiger partial charge in [-0.2, -0.15) is 0 Å². The summed E-state index contributed by atoms with van der Waals surface area (Å²) in [5.74, 6) is 0.135. The minimum absolute atomic E-state index is 0.0948. The van der Waals surface area contributed by atoms with E-state index in [0.717, 1.165) is 13.1 Å². The summed E-state index contributed by atoms with van der Waals surface area (Å²) in [6, 6.07) is -0.0973. The maximum atomic E-state index is 12.4. The second kappa shape index (κ2) is 4.82. The first-order chi connectivity index (χ1) is 8.70. The lowest BCUT2D eigenvalue weighted by Crippen LogP contribution is -2.48. The molecule has 1 aliphatic carbocycles. The van der Waals surface area contributed by atoms with Crippen molar-refractivity contribution < 1.29 is 9.53 Å². The van der Waals surface area contributed by atoms with Crippen LogP contribution >= 0.6 is 0 Å². The Morgan fingerprint density at radius 2 is 1.78 bits per heavy atom. The molecule has 0 aromatic carbocycles. The summed E-state index contributed by atoms with van der Waals surface area (Å²) in [7, 11) is 0. The van der Waals surface area contributed by atoms with E-state index in [-0.39, 0.29) is 17.9 Å². The summed E-state index contributed by atoms with van der Waals surface area (Å²) in [5, 5.41) is 0. The molecule has 1 amide bonds. The van der Waals surface area contributed by atoms with E-state index in [1.165, 1.54) is 38.5 Å². The van der Waals surface area contributed by atoms with Gasteiger partial charge in [-0.15, -0.1) is 0 Å². The molecule has 2 unspecified atom stereocenters. The molecule has 0 aromatic heterocycles. The standard InChI is InChI=1S/C14H24N2O2/c15-12-10-18-9-11(12)13(17)16-7-5-14(6-8-16)3-1-2-4-14/h11-12H,1-10,15H2. The van der Waals surface area contributed by atoms with Crippen LogP contribution in [0.15, 0.2) is 0 Å². The Bertz CT molecular complexity index is 316. The van der Waals surface area contributed by atoms with Crippen molar-refractivity contribution in [3.05, 3.63) is 0 Å². The lowest BCUT2D eigenvalue weighted by Gasteiger charge is -2.40. The smallest absolute Gasteiger partial charge is 0.229 e. The molecule has 3 rings (SSSR count). The van der Waals surface area contributed by atoms with Gasteiger partial charge in [0.25, 0.3) is 0 Å². The number of rotatable bonds is 1. The summed E-state index contributed by atoms with van der Waals surface area (Å²) in [6.45, 7) is 2.92. The SMILES string of the molecule is NC1COCC1C(=O)N1CCC2(CCCC2)CC1. The van der Waals surface area contributed by atoms with Gasteiger partial charge in [0, 0.05) is 19.1 Å². The predicted molar refractivity (Wildman–Crippen MR) is 69.0 cm³/mol. The Labute approximate surface area is 109 Å². The number of piperidine rings is 1. The highest BCUT2D eigenvalue weighted by Gasteiger charge is 2.40. The van der Waals surface area contributed by atoms with Gasteiger partial charge in [0.15, 0.2) is 0 Å².